The molecule has 1 amide bonds. The Morgan fingerprint density at radius 3 is 2.80 bits per heavy atom. The number of H-pyrrole nitrogens is 1. The summed E-state index contributed by atoms with van der Waals surface area (Å²) >= 11 is 0. The van der Waals surface area contributed by atoms with Gasteiger partial charge in [-0.25, -0.2) is 0 Å². The SMILES string of the molecule is O=C(NCCc1ccccc1)c1cccc2cn[nH]c12. The van der Waals surface area contributed by atoms with Crippen molar-refractivity contribution in [2.24, 2.45) is 0 Å². The average molecular weight is 265 g/mol. The third-order valence-electron chi connectivity index (χ3n) is 3.26. The number of rotatable bonds is 4. The number of aromatic amines is 1. The largest absolute Gasteiger partial charge is 0.352 e. The zero-order valence-electron chi connectivity index (χ0n) is 11.0. The maximum absolute atomic E-state index is 12.2. The van der Waals surface area contributed by atoms with Crippen molar-refractivity contribution in [1.29, 1.82) is 0 Å². The topological polar surface area (TPSA) is 57.8 Å². The van der Waals surface area contributed by atoms with Gasteiger partial charge in [-0.1, -0.05) is 42.5 Å². The van der Waals surface area contributed by atoms with Gasteiger partial charge in [0, 0.05) is 11.9 Å². The van der Waals surface area contributed by atoms with Crippen LogP contribution in [0, 0.1) is 0 Å². The van der Waals surface area contributed by atoms with Gasteiger partial charge >= 0.3 is 0 Å². The fourth-order valence-electron chi connectivity index (χ4n) is 2.22. The zero-order valence-corrected chi connectivity index (χ0v) is 11.0. The molecule has 0 aliphatic carbocycles. The van der Waals surface area contributed by atoms with E-state index >= 15 is 0 Å². The van der Waals surface area contributed by atoms with Gasteiger partial charge in [0.05, 0.1) is 17.3 Å². The van der Waals surface area contributed by atoms with Crippen molar-refractivity contribution < 1.29 is 4.79 Å². The summed E-state index contributed by atoms with van der Waals surface area (Å²) in [7, 11) is 0. The molecular weight excluding hydrogens is 250 g/mol. The summed E-state index contributed by atoms with van der Waals surface area (Å²) in [5.41, 5.74) is 2.63. The highest BCUT2D eigenvalue weighted by molar-refractivity contribution is 6.05. The van der Waals surface area contributed by atoms with E-state index in [9.17, 15) is 4.79 Å². The van der Waals surface area contributed by atoms with Crippen molar-refractivity contribution in [3.05, 3.63) is 65.9 Å². The first-order valence-corrected chi connectivity index (χ1v) is 6.59. The summed E-state index contributed by atoms with van der Waals surface area (Å²) < 4.78 is 0. The Morgan fingerprint density at radius 2 is 1.95 bits per heavy atom. The van der Waals surface area contributed by atoms with Crippen LogP contribution in [0.15, 0.2) is 54.7 Å². The number of carbonyl (C=O) groups excluding carboxylic acids is 1. The summed E-state index contributed by atoms with van der Waals surface area (Å²) in [6, 6.07) is 15.7. The highest BCUT2D eigenvalue weighted by Gasteiger charge is 2.10. The zero-order chi connectivity index (χ0) is 13.8. The Hall–Kier alpha value is -2.62. The van der Waals surface area contributed by atoms with Crippen molar-refractivity contribution in [2.45, 2.75) is 6.42 Å². The van der Waals surface area contributed by atoms with Crippen LogP contribution < -0.4 is 5.32 Å². The normalized spacial score (nSPS) is 10.6. The highest BCUT2D eigenvalue weighted by atomic mass is 16.1. The van der Waals surface area contributed by atoms with Crippen LogP contribution in [0.1, 0.15) is 15.9 Å². The number of benzene rings is 2. The van der Waals surface area contributed by atoms with Crippen molar-refractivity contribution in [1.82, 2.24) is 15.5 Å². The van der Waals surface area contributed by atoms with Crippen molar-refractivity contribution >= 4 is 16.8 Å². The number of fused-ring (bicyclic) bond motifs is 1. The van der Waals surface area contributed by atoms with E-state index in [2.05, 4.69) is 27.6 Å². The number of amides is 1. The van der Waals surface area contributed by atoms with E-state index in [1.165, 1.54) is 5.56 Å². The predicted molar refractivity (Wildman–Crippen MR) is 78.6 cm³/mol. The summed E-state index contributed by atoms with van der Waals surface area (Å²) in [4.78, 5) is 12.2. The van der Waals surface area contributed by atoms with Crippen LogP contribution in [-0.4, -0.2) is 22.6 Å². The molecule has 0 atom stereocenters. The minimum absolute atomic E-state index is 0.0734. The van der Waals surface area contributed by atoms with Crippen molar-refractivity contribution in [3.63, 3.8) is 0 Å². The smallest absolute Gasteiger partial charge is 0.253 e. The molecule has 0 saturated carbocycles. The van der Waals surface area contributed by atoms with Crippen molar-refractivity contribution in [3.8, 4) is 0 Å². The number of para-hydroxylation sites is 1. The molecule has 0 bridgehead atoms. The summed E-state index contributed by atoms with van der Waals surface area (Å²) in [6.07, 6.45) is 2.54. The molecule has 0 unspecified atom stereocenters. The number of carbonyl (C=O) groups is 1. The Kier molecular flexibility index (Phi) is 3.46. The van der Waals surface area contributed by atoms with Crippen LogP contribution in [0.5, 0.6) is 0 Å². The first kappa shape index (κ1) is 12.4. The third kappa shape index (κ3) is 2.54. The Balaban J connectivity index is 1.66. The lowest BCUT2D eigenvalue weighted by Crippen LogP contribution is -2.25. The van der Waals surface area contributed by atoms with E-state index in [0.29, 0.717) is 12.1 Å². The number of nitrogens with one attached hydrogen (secondary N) is 2. The monoisotopic (exact) mass is 265 g/mol. The predicted octanol–water partition coefficient (Wildman–Crippen LogP) is 2.54. The standard InChI is InChI=1S/C16H15N3O/c20-16(17-10-9-12-5-2-1-3-6-12)14-8-4-7-13-11-18-19-15(13)14/h1-8,11H,9-10H2,(H,17,20)(H,18,19). The van der Waals surface area contributed by atoms with Gasteiger partial charge in [0.25, 0.3) is 5.91 Å². The Morgan fingerprint density at radius 1 is 1.10 bits per heavy atom. The average Bonchev–Trinajstić information content (AvgIpc) is 2.96. The minimum Gasteiger partial charge on any atom is -0.352 e. The van der Waals surface area contributed by atoms with Gasteiger partial charge in [0.1, 0.15) is 0 Å². The number of nitrogens with zero attached hydrogens (tertiary/aromatic N) is 1. The van der Waals surface area contributed by atoms with Gasteiger partial charge in [0.15, 0.2) is 0 Å². The van der Waals surface area contributed by atoms with Gasteiger partial charge in [-0.05, 0) is 18.1 Å². The fraction of sp³-hybridized carbons (Fsp3) is 0.125. The first-order valence-electron chi connectivity index (χ1n) is 6.59. The molecule has 1 heterocycles. The van der Waals surface area contributed by atoms with E-state index in [0.717, 1.165) is 17.3 Å². The second-order valence-corrected chi connectivity index (χ2v) is 4.63. The number of hydrogen-bond donors (Lipinski definition) is 2. The molecule has 2 aromatic carbocycles. The van der Waals surface area contributed by atoms with Crippen LogP contribution in [-0.2, 0) is 6.42 Å². The molecule has 0 radical (unpaired) electrons. The molecule has 20 heavy (non-hydrogen) atoms. The molecular formula is C16H15N3O. The van der Waals surface area contributed by atoms with E-state index in [4.69, 9.17) is 0 Å². The van der Waals surface area contributed by atoms with Crippen LogP contribution in [0.25, 0.3) is 10.9 Å². The van der Waals surface area contributed by atoms with Crippen LogP contribution in [0.3, 0.4) is 0 Å². The van der Waals surface area contributed by atoms with Crippen molar-refractivity contribution in [2.75, 3.05) is 6.54 Å². The molecule has 3 aromatic rings. The summed E-state index contributed by atoms with van der Waals surface area (Å²) in [5.74, 6) is -0.0734. The Labute approximate surface area is 116 Å². The van der Waals surface area contributed by atoms with Crippen LogP contribution >= 0.6 is 0 Å². The maximum Gasteiger partial charge on any atom is 0.253 e. The first-order chi connectivity index (χ1) is 9.84. The lowest BCUT2D eigenvalue weighted by atomic mass is 10.1. The van der Waals surface area contributed by atoms with E-state index < -0.39 is 0 Å². The minimum atomic E-state index is -0.0734. The van der Waals surface area contributed by atoms with Gasteiger partial charge in [0.2, 0.25) is 0 Å². The molecule has 0 aliphatic rings. The van der Waals surface area contributed by atoms with E-state index in [1.54, 1.807) is 12.3 Å². The summed E-state index contributed by atoms with van der Waals surface area (Å²) in [6.45, 7) is 0.618. The Bertz CT molecular complexity index is 719. The third-order valence-corrected chi connectivity index (χ3v) is 3.26. The second-order valence-electron chi connectivity index (χ2n) is 4.63. The fourth-order valence-corrected chi connectivity index (χ4v) is 2.22. The molecule has 0 spiro atoms. The summed E-state index contributed by atoms with van der Waals surface area (Å²) in [5, 5.41) is 10.7. The molecule has 0 saturated heterocycles. The van der Waals surface area contributed by atoms with Gasteiger partial charge < -0.3 is 5.32 Å². The molecule has 4 nitrogen and oxygen atoms in total. The lowest BCUT2D eigenvalue weighted by Gasteiger charge is -2.06. The van der Waals surface area contributed by atoms with Crippen LogP contribution in [0.2, 0.25) is 0 Å². The molecule has 4 heteroatoms. The molecule has 2 N–H and O–H groups in total. The molecule has 100 valence electrons. The molecule has 0 fully saturated rings. The van der Waals surface area contributed by atoms with E-state index in [-0.39, 0.29) is 5.91 Å². The molecule has 1 aromatic heterocycles. The van der Waals surface area contributed by atoms with Gasteiger partial charge in [-0.15, -0.1) is 0 Å². The van der Waals surface area contributed by atoms with Gasteiger partial charge in [-0.2, -0.15) is 5.10 Å². The molecule has 3 rings (SSSR count). The lowest BCUT2D eigenvalue weighted by molar-refractivity contribution is 0.0955. The van der Waals surface area contributed by atoms with Crippen LogP contribution in [0.4, 0.5) is 0 Å². The van der Waals surface area contributed by atoms with E-state index in [1.807, 2.05) is 30.3 Å². The quantitative estimate of drug-likeness (QED) is 0.761. The molecule has 0 aliphatic heterocycles. The highest BCUT2D eigenvalue weighted by Crippen LogP contribution is 2.15. The number of aromatic nitrogens is 2. The number of hydrogen-bond acceptors (Lipinski definition) is 2. The second kappa shape index (κ2) is 5.57. The maximum atomic E-state index is 12.2. The van der Waals surface area contributed by atoms with Gasteiger partial charge in [-0.3, -0.25) is 9.89 Å².